The first-order chi connectivity index (χ1) is 10.9. The number of aromatic amines is 1. The molecule has 1 heterocycles. The van der Waals surface area contributed by atoms with Crippen LogP contribution in [-0.2, 0) is 0 Å². The molecule has 3 N–H and O–H groups in total. The van der Waals surface area contributed by atoms with Gasteiger partial charge in [-0.25, -0.2) is 0 Å². The first-order valence-corrected chi connectivity index (χ1v) is 8.41. The zero-order valence-electron chi connectivity index (χ0n) is 14.6. The highest BCUT2D eigenvalue weighted by atomic mass is 16.3. The van der Waals surface area contributed by atoms with E-state index in [1.165, 1.54) is 5.56 Å². The van der Waals surface area contributed by atoms with Crippen LogP contribution in [0.4, 0.5) is 0 Å². The molecular formula is C19H28N2O2. The number of aliphatic hydroxyl groups excluding tert-OH is 1. The first-order valence-electron chi connectivity index (χ1n) is 8.41. The normalized spacial score (nSPS) is 12.8. The van der Waals surface area contributed by atoms with Crippen LogP contribution in [0.1, 0.15) is 48.3 Å². The quantitative estimate of drug-likeness (QED) is 0.731. The van der Waals surface area contributed by atoms with Gasteiger partial charge in [-0.15, -0.1) is 0 Å². The molecule has 2 rings (SSSR count). The lowest BCUT2D eigenvalue weighted by Crippen LogP contribution is -2.30. The molecule has 4 heteroatoms. The molecule has 0 aliphatic rings. The minimum Gasteiger partial charge on any atom is -0.396 e. The average Bonchev–Trinajstić information content (AvgIpc) is 2.79. The fourth-order valence-corrected chi connectivity index (χ4v) is 3.16. The fraction of sp³-hybridized carbons (Fsp3) is 0.526. The summed E-state index contributed by atoms with van der Waals surface area (Å²) in [6.45, 7) is 9.19. The van der Waals surface area contributed by atoms with Crippen LogP contribution in [0.5, 0.6) is 0 Å². The van der Waals surface area contributed by atoms with Crippen molar-refractivity contribution in [2.24, 2.45) is 11.8 Å². The maximum Gasteiger partial charge on any atom is 0.253 e. The predicted molar refractivity (Wildman–Crippen MR) is 94.8 cm³/mol. The minimum atomic E-state index is -0.0523. The molecular weight excluding hydrogens is 288 g/mol. The van der Waals surface area contributed by atoms with E-state index in [0.717, 1.165) is 29.4 Å². The molecule has 23 heavy (non-hydrogen) atoms. The molecule has 0 aliphatic heterocycles. The maximum absolute atomic E-state index is 12.6. The third-order valence-electron chi connectivity index (χ3n) is 4.48. The summed E-state index contributed by atoms with van der Waals surface area (Å²) >= 11 is 0. The highest BCUT2D eigenvalue weighted by molar-refractivity contribution is 6.06. The number of rotatable bonds is 7. The van der Waals surface area contributed by atoms with Crippen LogP contribution in [0, 0.1) is 25.7 Å². The van der Waals surface area contributed by atoms with Gasteiger partial charge in [-0.1, -0.05) is 26.0 Å². The summed E-state index contributed by atoms with van der Waals surface area (Å²) in [6.07, 6.45) is 1.73. The lowest BCUT2D eigenvalue weighted by Gasteiger charge is -2.18. The zero-order valence-corrected chi connectivity index (χ0v) is 14.6. The molecule has 1 aromatic carbocycles. The van der Waals surface area contributed by atoms with Crippen LogP contribution in [0.15, 0.2) is 18.2 Å². The third-order valence-corrected chi connectivity index (χ3v) is 4.48. The highest BCUT2D eigenvalue weighted by Crippen LogP contribution is 2.24. The largest absolute Gasteiger partial charge is 0.396 e. The van der Waals surface area contributed by atoms with Gasteiger partial charge in [0.25, 0.3) is 5.91 Å². The van der Waals surface area contributed by atoms with E-state index in [0.29, 0.717) is 23.9 Å². The monoisotopic (exact) mass is 316 g/mol. The number of carbonyl (C=O) groups excluding carboxylic acids is 1. The number of fused-ring (bicyclic) bond motifs is 1. The molecule has 1 atom stereocenters. The number of aryl methyl sites for hydroxylation is 2. The Balaban J connectivity index is 2.13. The summed E-state index contributed by atoms with van der Waals surface area (Å²) in [7, 11) is 0. The Bertz CT molecular complexity index is 673. The van der Waals surface area contributed by atoms with Crippen LogP contribution in [0.3, 0.4) is 0 Å². The van der Waals surface area contributed by atoms with E-state index in [1.807, 2.05) is 25.1 Å². The van der Waals surface area contributed by atoms with E-state index >= 15 is 0 Å². The summed E-state index contributed by atoms with van der Waals surface area (Å²) in [5.74, 6) is 0.819. The van der Waals surface area contributed by atoms with Gasteiger partial charge in [-0.2, -0.15) is 0 Å². The van der Waals surface area contributed by atoms with Crippen molar-refractivity contribution in [3.8, 4) is 0 Å². The zero-order chi connectivity index (χ0) is 17.0. The van der Waals surface area contributed by atoms with E-state index in [-0.39, 0.29) is 12.5 Å². The molecule has 1 aromatic heterocycles. The van der Waals surface area contributed by atoms with Crippen LogP contribution in [-0.4, -0.2) is 29.1 Å². The summed E-state index contributed by atoms with van der Waals surface area (Å²) in [6, 6.07) is 5.83. The average molecular weight is 316 g/mol. The van der Waals surface area contributed by atoms with Gasteiger partial charge in [0, 0.05) is 24.2 Å². The molecule has 1 unspecified atom stereocenters. The number of hydrogen-bond acceptors (Lipinski definition) is 2. The fourth-order valence-electron chi connectivity index (χ4n) is 3.16. The van der Waals surface area contributed by atoms with Crippen LogP contribution in [0.25, 0.3) is 10.9 Å². The van der Waals surface area contributed by atoms with E-state index in [2.05, 4.69) is 31.1 Å². The van der Waals surface area contributed by atoms with Crippen LogP contribution >= 0.6 is 0 Å². The maximum atomic E-state index is 12.6. The predicted octanol–water partition coefficient (Wildman–Crippen LogP) is 3.56. The molecule has 0 radical (unpaired) electrons. The Morgan fingerprint density at radius 1 is 1.30 bits per heavy atom. The van der Waals surface area contributed by atoms with E-state index < -0.39 is 0 Å². The second kappa shape index (κ2) is 7.64. The number of hydrogen-bond donors (Lipinski definition) is 3. The molecule has 0 fully saturated rings. The molecule has 0 saturated heterocycles. The molecule has 1 amide bonds. The summed E-state index contributed by atoms with van der Waals surface area (Å²) < 4.78 is 0. The van der Waals surface area contributed by atoms with Gasteiger partial charge in [0.1, 0.15) is 0 Å². The van der Waals surface area contributed by atoms with Gasteiger partial charge in [0.05, 0.1) is 11.1 Å². The van der Waals surface area contributed by atoms with Crippen molar-refractivity contribution >= 4 is 16.8 Å². The second-order valence-electron chi connectivity index (χ2n) is 6.82. The van der Waals surface area contributed by atoms with Gasteiger partial charge in [0.15, 0.2) is 0 Å². The lowest BCUT2D eigenvalue weighted by molar-refractivity contribution is 0.0943. The highest BCUT2D eigenvalue weighted by Gasteiger charge is 2.16. The summed E-state index contributed by atoms with van der Waals surface area (Å²) in [5, 5.41) is 13.3. The van der Waals surface area contributed by atoms with Gasteiger partial charge in [-0.3, -0.25) is 4.79 Å². The van der Waals surface area contributed by atoms with Gasteiger partial charge in [-0.05, 0) is 50.2 Å². The Morgan fingerprint density at radius 3 is 2.70 bits per heavy atom. The van der Waals surface area contributed by atoms with Crippen LogP contribution in [0.2, 0.25) is 0 Å². The van der Waals surface area contributed by atoms with Crippen molar-refractivity contribution in [3.05, 3.63) is 35.0 Å². The van der Waals surface area contributed by atoms with E-state index in [9.17, 15) is 9.90 Å². The standard InChI is InChI=1S/C19H28N2O2/c1-12(2)10-15(8-9-22)11-20-19(23)17-7-5-6-16-13(3)14(4)21-18(16)17/h5-7,12,15,21-22H,8-11H2,1-4H3,(H,20,23). The number of aromatic nitrogens is 1. The Kier molecular flexibility index (Phi) is 5.83. The number of aliphatic hydroxyl groups is 1. The van der Waals surface area contributed by atoms with Gasteiger partial charge >= 0.3 is 0 Å². The second-order valence-corrected chi connectivity index (χ2v) is 6.82. The summed E-state index contributed by atoms with van der Waals surface area (Å²) in [4.78, 5) is 15.9. The van der Waals surface area contributed by atoms with E-state index in [1.54, 1.807) is 0 Å². The number of benzene rings is 1. The SMILES string of the molecule is Cc1[nH]c2c(C(=O)NCC(CCO)CC(C)C)cccc2c1C. The van der Waals surface area contributed by atoms with Crippen LogP contribution < -0.4 is 5.32 Å². The third kappa shape index (κ3) is 4.14. The lowest BCUT2D eigenvalue weighted by atomic mass is 9.94. The Hall–Kier alpha value is -1.81. The van der Waals surface area contributed by atoms with Crippen molar-refractivity contribution in [1.82, 2.24) is 10.3 Å². The van der Waals surface area contributed by atoms with E-state index in [4.69, 9.17) is 0 Å². The first kappa shape index (κ1) is 17.5. The molecule has 0 saturated carbocycles. The van der Waals surface area contributed by atoms with Gasteiger partial charge in [0.2, 0.25) is 0 Å². The van der Waals surface area contributed by atoms with Crippen molar-refractivity contribution in [1.29, 1.82) is 0 Å². The van der Waals surface area contributed by atoms with Crippen molar-refractivity contribution < 1.29 is 9.90 Å². The Morgan fingerprint density at radius 2 is 2.04 bits per heavy atom. The number of para-hydroxylation sites is 1. The smallest absolute Gasteiger partial charge is 0.253 e. The van der Waals surface area contributed by atoms with Gasteiger partial charge < -0.3 is 15.4 Å². The van der Waals surface area contributed by atoms with Crippen molar-refractivity contribution in [3.63, 3.8) is 0 Å². The van der Waals surface area contributed by atoms with Crippen molar-refractivity contribution in [2.75, 3.05) is 13.2 Å². The summed E-state index contributed by atoms with van der Waals surface area (Å²) in [5.41, 5.74) is 3.87. The minimum absolute atomic E-state index is 0.0523. The topological polar surface area (TPSA) is 65.1 Å². The number of nitrogens with one attached hydrogen (secondary N) is 2. The molecule has 0 aliphatic carbocycles. The number of H-pyrrole nitrogens is 1. The molecule has 0 spiro atoms. The molecule has 2 aromatic rings. The molecule has 126 valence electrons. The molecule has 4 nitrogen and oxygen atoms in total. The molecule has 0 bridgehead atoms. The van der Waals surface area contributed by atoms with Crippen molar-refractivity contribution in [2.45, 2.75) is 40.5 Å². The number of carbonyl (C=O) groups is 1. The Labute approximate surface area is 138 Å². The number of amides is 1.